The van der Waals surface area contributed by atoms with Gasteiger partial charge in [0, 0.05) is 6.08 Å². The Bertz CT molecular complexity index is 494. The molecule has 1 aliphatic carbocycles. The largest absolute Gasteiger partial charge is 0.193 e. The van der Waals surface area contributed by atoms with Crippen molar-refractivity contribution in [2.45, 2.75) is 44.9 Å². The Kier molecular flexibility index (Phi) is 5.62. The molecule has 0 amide bonds. The molecule has 1 heteroatoms. The Labute approximate surface area is 122 Å². The minimum atomic E-state index is 0.685. The third-order valence-corrected chi connectivity index (χ3v) is 4.30. The first-order valence-corrected chi connectivity index (χ1v) is 7.65. The van der Waals surface area contributed by atoms with Crippen LogP contribution in [0.25, 0.3) is 0 Å². The number of hydrogen-bond donors (Lipinski definition) is 0. The number of aryl methyl sites for hydroxylation is 1. The Balaban J connectivity index is 1.86. The highest BCUT2D eigenvalue weighted by Gasteiger charge is 2.20. The standard InChI is InChI=1S/C19H23N/c1-2-16-7-11-18(12-8-16)19-13-9-17(10-14-19)6-4-3-5-15-20/h3-8,11-12,17,19H,2,9-10,13-14H2,1H3/b5-3+,6-4+/t17-,19-. The lowest BCUT2D eigenvalue weighted by Crippen LogP contribution is -2.11. The van der Waals surface area contributed by atoms with Crippen molar-refractivity contribution in [3.05, 3.63) is 59.7 Å². The average molecular weight is 265 g/mol. The smallest absolute Gasteiger partial charge is 0.0912 e. The van der Waals surface area contributed by atoms with Gasteiger partial charge in [-0.2, -0.15) is 5.26 Å². The zero-order chi connectivity index (χ0) is 14.2. The van der Waals surface area contributed by atoms with Gasteiger partial charge in [0.25, 0.3) is 0 Å². The highest BCUT2D eigenvalue weighted by atomic mass is 14.3. The van der Waals surface area contributed by atoms with Crippen LogP contribution in [0.2, 0.25) is 0 Å². The first-order chi connectivity index (χ1) is 9.83. The maximum absolute atomic E-state index is 8.43. The molecular weight excluding hydrogens is 242 g/mol. The summed E-state index contributed by atoms with van der Waals surface area (Å²) in [4.78, 5) is 0. The highest BCUT2D eigenvalue weighted by molar-refractivity contribution is 5.26. The van der Waals surface area contributed by atoms with Crippen molar-refractivity contribution in [1.82, 2.24) is 0 Å². The van der Waals surface area contributed by atoms with Gasteiger partial charge < -0.3 is 0 Å². The van der Waals surface area contributed by atoms with Crippen LogP contribution in [0.5, 0.6) is 0 Å². The monoisotopic (exact) mass is 265 g/mol. The Morgan fingerprint density at radius 1 is 1.10 bits per heavy atom. The first-order valence-electron chi connectivity index (χ1n) is 7.65. The molecule has 1 aliphatic rings. The molecule has 0 saturated heterocycles. The maximum atomic E-state index is 8.43. The van der Waals surface area contributed by atoms with E-state index in [2.05, 4.69) is 37.3 Å². The summed E-state index contributed by atoms with van der Waals surface area (Å²) in [5.74, 6) is 1.42. The number of nitrogens with zero attached hydrogens (tertiary/aromatic N) is 1. The summed E-state index contributed by atoms with van der Waals surface area (Å²) in [7, 11) is 0. The van der Waals surface area contributed by atoms with Gasteiger partial charge >= 0.3 is 0 Å². The second-order valence-corrected chi connectivity index (χ2v) is 5.58. The van der Waals surface area contributed by atoms with E-state index in [1.54, 1.807) is 0 Å². The molecule has 0 aliphatic heterocycles. The second-order valence-electron chi connectivity index (χ2n) is 5.58. The summed E-state index contributed by atoms with van der Waals surface area (Å²) in [6, 6.07) is 11.2. The van der Waals surface area contributed by atoms with Crippen molar-refractivity contribution in [1.29, 1.82) is 5.26 Å². The molecule has 0 radical (unpaired) electrons. The zero-order valence-electron chi connectivity index (χ0n) is 12.3. The van der Waals surface area contributed by atoms with Gasteiger partial charge in [-0.05, 0) is 55.1 Å². The normalized spacial score (nSPS) is 23.2. The third-order valence-electron chi connectivity index (χ3n) is 4.30. The maximum Gasteiger partial charge on any atom is 0.0912 e. The molecule has 1 fully saturated rings. The molecule has 104 valence electrons. The topological polar surface area (TPSA) is 23.8 Å². The zero-order valence-corrected chi connectivity index (χ0v) is 12.3. The molecule has 0 bridgehead atoms. The molecule has 1 nitrogen and oxygen atoms in total. The first kappa shape index (κ1) is 14.6. The summed E-state index contributed by atoms with van der Waals surface area (Å²) >= 11 is 0. The minimum absolute atomic E-state index is 0.685. The van der Waals surface area contributed by atoms with Crippen molar-refractivity contribution < 1.29 is 0 Å². The summed E-state index contributed by atoms with van der Waals surface area (Å²) in [6.07, 6.45) is 13.8. The second kappa shape index (κ2) is 7.70. The van der Waals surface area contributed by atoms with Gasteiger partial charge in [-0.3, -0.25) is 0 Å². The molecule has 0 heterocycles. The third kappa shape index (κ3) is 4.10. The fourth-order valence-corrected chi connectivity index (χ4v) is 2.99. The van der Waals surface area contributed by atoms with Gasteiger partial charge in [-0.1, -0.05) is 49.4 Å². The average Bonchev–Trinajstić information content (AvgIpc) is 2.52. The number of rotatable bonds is 4. The van der Waals surface area contributed by atoms with Gasteiger partial charge in [0.1, 0.15) is 0 Å². The SMILES string of the molecule is CCc1ccc([C@H]2CC[C@H](/C=C/C=C/C#N)CC2)cc1. The van der Waals surface area contributed by atoms with Crippen LogP contribution in [0, 0.1) is 17.2 Å². The summed E-state index contributed by atoms with van der Waals surface area (Å²) in [5.41, 5.74) is 2.93. The van der Waals surface area contributed by atoms with Crippen LogP contribution in [0.15, 0.2) is 48.6 Å². The molecule has 0 aromatic heterocycles. The summed E-state index contributed by atoms with van der Waals surface area (Å²) < 4.78 is 0. The number of nitriles is 1. The van der Waals surface area contributed by atoms with E-state index in [1.807, 2.05) is 18.2 Å². The van der Waals surface area contributed by atoms with Crippen LogP contribution >= 0.6 is 0 Å². The van der Waals surface area contributed by atoms with E-state index in [4.69, 9.17) is 5.26 Å². The lowest BCUT2D eigenvalue weighted by molar-refractivity contribution is 0.376. The summed E-state index contributed by atoms with van der Waals surface area (Å²) in [6.45, 7) is 2.20. The predicted octanol–water partition coefficient (Wildman–Crippen LogP) is 5.16. The molecule has 0 N–H and O–H groups in total. The van der Waals surface area contributed by atoms with E-state index in [0.29, 0.717) is 5.92 Å². The lowest BCUT2D eigenvalue weighted by atomic mass is 9.78. The quantitative estimate of drug-likeness (QED) is 0.545. The minimum Gasteiger partial charge on any atom is -0.193 e. The number of allylic oxidation sites excluding steroid dienone is 4. The summed E-state index contributed by atoms with van der Waals surface area (Å²) in [5, 5.41) is 8.43. The van der Waals surface area contributed by atoms with Crippen molar-refractivity contribution >= 4 is 0 Å². The van der Waals surface area contributed by atoms with E-state index in [-0.39, 0.29) is 0 Å². The Morgan fingerprint density at radius 3 is 2.40 bits per heavy atom. The predicted molar refractivity (Wildman–Crippen MR) is 84.4 cm³/mol. The fraction of sp³-hybridized carbons (Fsp3) is 0.421. The van der Waals surface area contributed by atoms with E-state index in [9.17, 15) is 0 Å². The molecule has 1 saturated carbocycles. The van der Waals surface area contributed by atoms with Crippen LogP contribution in [0.3, 0.4) is 0 Å². The van der Waals surface area contributed by atoms with Crippen molar-refractivity contribution in [2.24, 2.45) is 5.92 Å². The van der Waals surface area contributed by atoms with Gasteiger partial charge in [0.15, 0.2) is 0 Å². The Morgan fingerprint density at radius 2 is 1.80 bits per heavy atom. The van der Waals surface area contributed by atoms with Gasteiger partial charge in [-0.15, -0.1) is 0 Å². The Hall–Kier alpha value is -1.81. The van der Waals surface area contributed by atoms with Crippen LogP contribution in [0.4, 0.5) is 0 Å². The molecule has 2 rings (SSSR count). The van der Waals surface area contributed by atoms with Crippen LogP contribution in [0.1, 0.15) is 49.7 Å². The van der Waals surface area contributed by atoms with E-state index in [1.165, 1.54) is 42.9 Å². The highest BCUT2D eigenvalue weighted by Crippen LogP contribution is 2.36. The molecule has 1 aromatic carbocycles. The van der Waals surface area contributed by atoms with Gasteiger partial charge in [0.2, 0.25) is 0 Å². The van der Waals surface area contributed by atoms with Crippen molar-refractivity contribution in [3.8, 4) is 6.07 Å². The van der Waals surface area contributed by atoms with Gasteiger partial charge in [-0.25, -0.2) is 0 Å². The molecule has 0 unspecified atom stereocenters. The molecule has 0 atom stereocenters. The van der Waals surface area contributed by atoms with E-state index >= 15 is 0 Å². The molecule has 1 aromatic rings. The molecule has 20 heavy (non-hydrogen) atoms. The van der Waals surface area contributed by atoms with Crippen LogP contribution in [-0.2, 0) is 6.42 Å². The molecule has 0 spiro atoms. The molecular formula is C19H23N. The number of hydrogen-bond acceptors (Lipinski definition) is 1. The number of benzene rings is 1. The van der Waals surface area contributed by atoms with Crippen molar-refractivity contribution in [3.63, 3.8) is 0 Å². The lowest BCUT2D eigenvalue weighted by Gasteiger charge is -2.27. The van der Waals surface area contributed by atoms with E-state index < -0.39 is 0 Å². The fourth-order valence-electron chi connectivity index (χ4n) is 2.99. The van der Waals surface area contributed by atoms with Gasteiger partial charge in [0.05, 0.1) is 6.07 Å². The van der Waals surface area contributed by atoms with Crippen molar-refractivity contribution in [2.75, 3.05) is 0 Å². The van der Waals surface area contributed by atoms with E-state index in [0.717, 1.165) is 12.3 Å². The van der Waals surface area contributed by atoms with Crippen LogP contribution < -0.4 is 0 Å². The van der Waals surface area contributed by atoms with Crippen LogP contribution in [-0.4, -0.2) is 0 Å².